The molecule has 2 N–H and O–H groups in total. The number of benzene rings is 1. The molecule has 3 nitrogen and oxygen atoms in total. The molecule has 0 amide bonds. The highest BCUT2D eigenvalue weighted by Crippen LogP contribution is 2.24. The van der Waals surface area contributed by atoms with Crippen molar-refractivity contribution in [3.63, 3.8) is 0 Å². The van der Waals surface area contributed by atoms with Gasteiger partial charge in [0.15, 0.2) is 5.78 Å². The summed E-state index contributed by atoms with van der Waals surface area (Å²) in [4.78, 5) is 15.8. The van der Waals surface area contributed by atoms with Crippen LogP contribution in [0.1, 0.15) is 47.3 Å². The lowest BCUT2D eigenvalue weighted by atomic mass is 10.1. The Kier molecular flexibility index (Phi) is 3.62. The predicted octanol–water partition coefficient (Wildman–Crippen LogP) is 3.50. The van der Waals surface area contributed by atoms with Gasteiger partial charge >= 0.3 is 0 Å². The van der Waals surface area contributed by atoms with E-state index in [2.05, 4.69) is 35.4 Å². The molecular formula is C17H22N2O. The normalized spacial score (nSPS) is 16.1. The standard InChI is InChI=1S/C17H22N2O/c1-11-7-8-14-15(9-11)19-12(2)17(14)16(20)10-18-13-5-3-4-6-13/h7-9,13,18-19H,3-6,10H2,1-2H3. The Labute approximate surface area is 119 Å². The first kappa shape index (κ1) is 13.4. The molecular weight excluding hydrogens is 248 g/mol. The predicted molar refractivity (Wildman–Crippen MR) is 82.4 cm³/mol. The largest absolute Gasteiger partial charge is 0.358 e. The lowest BCUT2D eigenvalue weighted by molar-refractivity contribution is 0.0988. The van der Waals surface area contributed by atoms with E-state index in [4.69, 9.17) is 0 Å². The number of carbonyl (C=O) groups excluding carboxylic acids is 1. The minimum atomic E-state index is 0.199. The number of ketones is 1. The molecule has 0 spiro atoms. The van der Waals surface area contributed by atoms with Crippen LogP contribution in [0, 0.1) is 13.8 Å². The zero-order valence-corrected chi connectivity index (χ0v) is 12.3. The Hall–Kier alpha value is -1.61. The molecule has 3 rings (SSSR count). The van der Waals surface area contributed by atoms with Crippen molar-refractivity contribution < 1.29 is 4.79 Å². The second-order valence-electron chi connectivity index (χ2n) is 5.96. The lowest BCUT2D eigenvalue weighted by Gasteiger charge is -2.10. The van der Waals surface area contributed by atoms with Crippen LogP contribution in [0.15, 0.2) is 18.2 Å². The van der Waals surface area contributed by atoms with E-state index in [-0.39, 0.29) is 5.78 Å². The van der Waals surface area contributed by atoms with Crippen LogP contribution in [0.25, 0.3) is 10.9 Å². The van der Waals surface area contributed by atoms with Gasteiger partial charge in [-0.05, 0) is 38.3 Å². The maximum absolute atomic E-state index is 12.5. The van der Waals surface area contributed by atoms with Gasteiger partial charge in [-0.15, -0.1) is 0 Å². The zero-order valence-electron chi connectivity index (χ0n) is 12.3. The molecule has 0 radical (unpaired) electrons. The maximum Gasteiger partial charge on any atom is 0.179 e. The van der Waals surface area contributed by atoms with Crippen molar-refractivity contribution in [2.24, 2.45) is 0 Å². The van der Waals surface area contributed by atoms with Gasteiger partial charge in [-0.3, -0.25) is 4.79 Å². The Balaban J connectivity index is 1.81. The van der Waals surface area contributed by atoms with E-state index in [1.165, 1.54) is 31.2 Å². The summed E-state index contributed by atoms with van der Waals surface area (Å²) in [6.45, 7) is 4.50. The molecule has 1 aliphatic carbocycles. The third kappa shape index (κ3) is 2.50. The highest BCUT2D eigenvalue weighted by Gasteiger charge is 2.19. The fraction of sp³-hybridized carbons (Fsp3) is 0.471. The van der Waals surface area contributed by atoms with E-state index in [1.54, 1.807) is 0 Å². The highest BCUT2D eigenvalue weighted by molar-refractivity contribution is 6.10. The average Bonchev–Trinajstić information content (AvgIpc) is 3.02. The van der Waals surface area contributed by atoms with Crippen LogP contribution in [-0.2, 0) is 0 Å². The van der Waals surface area contributed by atoms with Crippen molar-refractivity contribution in [2.75, 3.05) is 6.54 Å². The van der Waals surface area contributed by atoms with Crippen LogP contribution >= 0.6 is 0 Å². The van der Waals surface area contributed by atoms with Gasteiger partial charge in [0.05, 0.1) is 6.54 Å². The number of nitrogens with one attached hydrogen (secondary N) is 2. The average molecular weight is 270 g/mol. The third-order valence-electron chi connectivity index (χ3n) is 4.33. The van der Waals surface area contributed by atoms with E-state index in [0.717, 1.165) is 22.2 Å². The van der Waals surface area contributed by atoms with Crippen LogP contribution in [0.3, 0.4) is 0 Å². The number of aromatic amines is 1. The zero-order chi connectivity index (χ0) is 14.1. The minimum absolute atomic E-state index is 0.199. The second kappa shape index (κ2) is 5.41. The SMILES string of the molecule is Cc1ccc2c(C(=O)CNC3CCCC3)c(C)[nH]c2c1. The molecule has 20 heavy (non-hydrogen) atoms. The van der Waals surface area contributed by atoms with Gasteiger partial charge < -0.3 is 10.3 Å². The van der Waals surface area contributed by atoms with Gasteiger partial charge in [0, 0.05) is 28.2 Å². The van der Waals surface area contributed by atoms with Crippen LogP contribution in [-0.4, -0.2) is 23.4 Å². The maximum atomic E-state index is 12.5. The van der Waals surface area contributed by atoms with Crippen molar-refractivity contribution in [3.05, 3.63) is 35.0 Å². The number of aromatic nitrogens is 1. The summed E-state index contributed by atoms with van der Waals surface area (Å²) < 4.78 is 0. The molecule has 2 aromatic rings. The number of rotatable bonds is 4. The summed E-state index contributed by atoms with van der Waals surface area (Å²) in [6, 6.07) is 6.75. The molecule has 1 aromatic carbocycles. The van der Waals surface area contributed by atoms with E-state index in [1.807, 2.05) is 6.92 Å². The summed E-state index contributed by atoms with van der Waals surface area (Å²) >= 11 is 0. The summed E-state index contributed by atoms with van der Waals surface area (Å²) in [5.74, 6) is 0.199. The Bertz CT molecular complexity index is 636. The van der Waals surface area contributed by atoms with Crippen molar-refractivity contribution >= 4 is 16.7 Å². The molecule has 3 heteroatoms. The van der Waals surface area contributed by atoms with Crippen LogP contribution < -0.4 is 5.32 Å². The Morgan fingerprint density at radius 3 is 2.80 bits per heavy atom. The summed E-state index contributed by atoms with van der Waals surface area (Å²) in [6.07, 6.45) is 4.99. The Morgan fingerprint density at radius 2 is 2.05 bits per heavy atom. The fourth-order valence-electron chi connectivity index (χ4n) is 3.26. The summed E-state index contributed by atoms with van der Waals surface area (Å²) in [7, 11) is 0. The smallest absolute Gasteiger partial charge is 0.179 e. The first-order chi connectivity index (χ1) is 9.65. The monoisotopic (exact) mass is 270 g/mol. The molecule has 106 valence electrons. The summed E-state index contributed by atoms with van der Waals surface area (Å²) in [5, 5.41) is 4.46. The van der Waals surface area contributed by atoms with Gasteiger partial charge in [-0.2, -0.15) is 0 Å². The van der Waals surface area contributed by atoms with Gasteiger partial charge in [-0.1, -0.05) is 25.0 Å². The number of hydrogen-bond acceptors (Lipinski definition) is 2. The van der Waals surface area contributed by atoms with Crippen molar-refractivity contribution in [1.29, 1.82) is 0 Å². The Morgan fingerprint density at radius 1 is 1.30 bits per heavy atom. The van der Waals surface area contributed by atoms with E-state index >= 15 is 0 Å². The van der Waals surface area contributed by atoms with Crippen molar-refractivity contribution in [2.45, 2.75) is 45.6 Å². The van der Waals surface area contributed by atoms with E-state index in [9.17, 15) is 4.79 Å². The van der Waals surface area contributed by atoms with Gasteiger partial charge in [-0.25, -0.2) is 0 Å². The number of fused-ring (bicyclic) bond motifs is 1. The lowest BCUT2D eigenvalue weighted by Crippen LogP contribution is -2.31. The number of carbonyl (C=O) groups is 1. The molecule has 0 aliphatic heterocycles. The van der Waals surface area contributed by atoms with E-state index in [0.29, 0.717) is 12.6 Å². The quantitative estimate of drug-likeness (QED) is 0.835. The highest BCUT2D eigenvalue weighted by atomic mass is 16.1. The molecule has 1 saturated carbocycles. The van der Waals surface area contributed by atoms with Gasteiger partial charge in [0.2, 0.25) is 0 Å². The van der Waals surface area contributed by atoms with Crippen molar-refractivity contribution in [3.8, 4) is 0 Å². The molecule has 1 fully saturated rings. The van der Waals surface area contributed by atoms with Crippen LogP contribution in [0.2, 0.25) is 0 Å². The second-order valence-corrected chi connectivity index (χ2v) is 5.96. The van der Waals surface area contributed by atoms with Crippen LogP contribution in [0.5, 0.6) is 0 Å². The van der Waals surface area contributed by atoms with Gasteiger partial charge in [0.1, 0.15) is 0 Å². The topological polar surface area (TPSA) is 44.9 Å². The molecule has 0 atom stereocenters. The van der Waals surface area contributed by atoms with Crippen LogP contribution in [0.4, 0.5) is 0 Å². The molecule has 1 aliphatic rings. The van der Waals surface area contributed by atoms with E-state index < -0.39 is 0 Å². The minimum Gasteiger partial charge on any atom is -0.358 e. The van der Waals surface area contributed by atoms with Crippen molar-refractivity contribution in [1.82, 2.24) is 10.3 Å². The molecule has 1 aromatic heterocycles. The fourth-order valence-corrected chi connectivity index (χ4v) is 3.26. The molecule has 0 unspecified atom stereocenters. The number of H-pyrrole nitrogens is 1. The number of aryl methyl sites for hydroxylation is 2. The molecule has 0 bridgehead atoms. The molecule has 0 saturated heterocycles. The summed E-state index contributed by atoms with van der Waals surface area (Å²) in [5.41, 5.74) is 4.10. The number of Topliss-reactive ketones (excluding diaryl/α,β-unsaturated/α-hetero) is 1. The number of hydrogen-bond donors (Lipinski definition) is 2. The first-order valence-corrected chi connectivity index (χ1v) is 7.50. The third-order valence-corrected chi connectivity index (χ3v) is 4.33. The van der Waals surface area contributed by atoms with Gasteiger partial charge in [0.25, 0.3) is 0 Å². The first-order valence-electron chi connectivity index (χ1n) is 7.50. The molecule has 1 heterocycles.